The molecule has 0 aliphatic carbocycles. The molecule has 0 spiro atoms. The molecule has 142 valence electrons. The van der Waals surface area contributed by atoms with Crippen LogP contribution in [0.4, 0.5) is 0 Å². The molecule has 1 fully saturated rings. The molecule has 2 rings (SSSR count). The molecule has 0 amide bonds. The lowest BCUT2D eigenvalue weighted by atomic mass is 10.2. The largest absolute Gasteiger partial charge is 0.497 e. The Morgan fingerprint density at radius 2 is 2.04 bits per heavy atom. The van der Waals surface area contributed by atoms with Gasteiger partial charge in [-0.2, -0.15) is 0 Å². The third kappa shape index (κ3) is 8.73. The molecule has 0 unspecified atom stereocenters. The molecule has 2 N–H and O–H groups in total. The number of morpholine rings is 1. The minimum absolute atomic E-state index is 0. The number of guanidine groups is 1. The van der Waals surface area contributed by atoms with Crippen molar-refractivity contribution in [3.63, 3.8) is 0 Å². The quantitative estimate of drug-likeness (QED) is 0.268. The van der Waals surface area contributed by atoms with Crippen molar-refractivity contribution in [1.29, 1.82) is 0 Å². The van der Waals surface area contributed by atoms with E-state index >= 15 is 0 Å². The molecule has 25 heavy (non-hydrogen) atoms. The number of hydrogen-bond donors (Lipinski definition) is 2. The Kier molecular flexibility index (Phi) is 11.6. The molecular formula is C18H31IN4O2. The maximum Gasteiger partial charge on any atom is 0.191 e. The van der Waals surface area contributed by atoms with Crippen LogP contribution >= 0.6 is 24.0 Å². The molecule has 1 aliphatic heterocycles. The third-order valence-electron chi connectivity index (χ3n) is 4.11. The van der Waals surface area contributed by atoms with Gasteiger partial charge in [0.1, 0.15) is 5.75 Å². The van der Waals surface area contributed by atoms with Crippen molar-refractivity contribution in [3.05, 3.63) is 29.8 Å². The Morgan fingerprint density at radius 3 is 2.76 bits per heavy atom. The van der Waals surface area contributed by atoms with Gasteiger partial charge in [0.05, 0.1) is 20.3 Å². The smallest absolute Gasteiger partial charge is 0.191 e. The summed E-state index contributed by atoms with van der Waals surface area (Å²) >= 11 is 0. The summed E-state index contributed by atoms with van der Waals surface area (Å²) in [7, 11) is 3.48. The Bertz CT molecular complexity index is 508. The minimum atomic E-state index is 0. The van der Waals surface area contributed by atoms with Crippen LogP contribution in [0.15, 0.2) is 29.3 Å². The van der Waals surface area contributed by atoms with Crippen molar-refractivity contribution >= 4 is 29.9 Å². The Balaban J connectivity index is 0.00000312. The second kappa shape index (κ2) is 13.2. The lowest BCUT2D eigenvalue weighted by molar-refractivity contribution is 0.0372. The van der Waals surface area contributed by atoms with Crippen LogP contribution in [0.25, 0.3) is 0 Å². The van der Waals surface area contributed by atoms with Crippen LogP contribution in [0.5, 0.6) is 5.75 Å². The summed E-state index contributed by atoms with van der Waals surface area (Å²) in [5, 5.41) is 6.70. The van der Waals surface area contributed by atoms with Gasteiger partial charge in [-0.1, -0.05) is 12.1 Å². The standard InChI is InChI=1S/C18H30N4O2.HI/c1-19-18(21-15-16-6-5-7-17(14-16)23-2)20-8-3-4-9-22-10-12-24-13-11-22;/h5-7,14H,3-4,8-13,15H2,1-2H3,(H2,19,20,21);1H. The van der Waals surface area contributed by atoms with E-state index in [1.807, 2.05) is 18.2 Å². The molecule has 0 bridgehead atoms. The second-order valence-corrected chi connectivity index (χ2v) is 5.87. The molecule has 1 aromatic rings. The number of nitrogens with zero attached hydrogens (tertiary/aromatic N) is 2. The number of aliphatic imine (C=N–C) groups is 1. The van der Waals surface area contributed by atoms with Gasteiger partial charge in [-0.05, 0) is 37.1 Å². The molecule has 0 atom stereocenters. The maximum absolute atomic E-state index is 5.37. The molecular weight excluding hydrogens is 431 g/mol. The van der Waals surface area contributed by atoms with Gasteiger partial charge in [-0.15, -0.1) is 24.0 Å². The average molecular weight is 462 g/mol. The lowest BCUT2D eigenvalue weighted by Crippen LogP contribution is -2.38. The summed E-state index contributed by atoms with van der Waals surface area (Å²) in [6.45, 7) is 6.69. The van der Waals surface area contributed by atoms with E-state index in [4.69, 9.17) is 9.47 Å². The van der Waals surface area contributed by atoms with Crippen molar-refractivity contribution in [1.82, 2.24) is 15.5 Å². The summed E-state index contributed by atoms with van der Waals surface area (Å²) < 4.78 is 10.6. The van der Waals surface area contributed by atoms with Gasteiger partial charge in [0.2, 0.25) is 0 Å². The zero-order valence-corrected chi connectivity index (χ0v) is 17.6. The molecule has 1 heterocycles. The van der Waals surface area contributed by atoms with E-state index in [-0.39, 0.29) is 24.0 Å². The zero-order chi connectivity index (χ0) is 17.0. The van der Waals surface area contributed by atoms with Crippen LogP contribution in [0.3, 0.4) is 0 Å². The fourth-order valence-electron chi connectivity index (χ4n) is 2.68. The highest BCUT2D eigenvalue weighted by Gasteiger charge is 2.09. The Labute approximate surface area is 168 Å². The number of halogens is 1. The van der Waals surface area contributed by atoms with Crippen LogP contribution < -0.4 is 15.4 Å². The summed E-state index contributed by atoms with van der Waals surface area (Å²) in [5.41, 5.74) is 1.17. The minimum Gasteiger partial charge on any atom is -0.497 e. The molecule has 7 heteroatoms. The van der Waals surface area contributed by atoms with Gasteiger partial charge in [0, 0.05) is 33.2 Å². The first kappa shape index (κ1) is 22.0. The fourth-order valence-corrected chi connectivity index (χ4v) is 2.68. The predicted octanol–water partition coefficient (Wildman–Crippen LogP) is 2.09. The lowest BCUT2D eigenvalue weighted by Gasteiger charge is -2.26. The number of ether oxygens (including phenoxy) is 2. The monoisotopic (exact) mass is 462 g/mol. The van der Waals surface area contributed by atoms with Gasteiger partial charge in [-0.3, -0.25) is 9.89 Å². The van der Waals surface area contributed by atoms with E-state index in [1.54, 1.807) is 14.2 Å². The summed E-state index contributed by atoms with van der Waals surface area (Å²) in [4.78, 5) is 6.74. The van der Waals surface area contributed by atoms with Crippen molar-refractivity contribution in [3.8, 4) is 5.75 Å². The topological polar surface area (TPSA) is 58.1 Å². The first-order valence-electron chi connectivity index (χ1n) is 8.69. The number of benzene rings is 1. The molecule has 1 aromatic carbocycles. The second-order valence-electron chi connectivity index (χ2n) is 5.87. The van der Waals surface area contributed by atoms with Crippen molar-refractivity contribution in [2.24, 2.45) is 4.99 Å². The first-order valence-corrected chi connectivity index (χ1v) is 8.69. The normalized spacial score (nSPS) is 15.4. The van der Waals surface area contributed by atoms with E-state index in [0.717, 1.165) is 64.1 Å². The van der Waals surface area contributed by atoms with Crippen molar-refractivity contribution in [2.75, 3.05) is 53.6 Å². The SMILES string of the molecule is CN=C(NCCCCN1CCOCC1)NCc1cccc(OC)c1.I. The highest BCUT2D eigenvalue weighted by Crippen LogP contribution is 2.12. The van der Waals surface area contributed by atoms with Gasteiger partial charge in [-0.25, -0.2) is 0 Å². The third-order valence-corrected chi connectivity index (χ3v) is 4.11. The van der Waals surface area contributed by atoms with Crippen LogP contribution in [-0.2, 0) is 11.3 Å². The van der Waals surface area contributed by atoms with Crippen LogP contribution in [-0.4, -0.2) is 64.4 Å². The first-order chi connectivity index (χ1) is 11.8. The number of methoxy groups -OCH3 is 1. The number of rotatable bonds is 8. The highest BCUT2D eigenvalue weighted by molar-refractivity contribution is 14.0. The highest BCUT2D eigenvalue weighted by atomic mass is 127. The van der Waals surface area contributed by atoms with Crippen LogP contribution in [0.1, 0.15) is 18.4 Å². The zero-order valence-electron chi connectivity index (χ0n) is 15.3. The van der Waals surface area contributed by atoms with E-state index in [1.165, 1.54) is 12.0 Å². The summed E-state index contributed by atoms with van der Waals surface area (Å²) in [6, 6.07) is 8.05. The Morgan fingerprint density at radius 1 is 1.24 bits per heavy atom. The van der Waals surface area contributed by atoms with Crippen LogP contribution in [0.2, 0.25) is 0 Å². The van der Waals surface area contributed by atoms with Gasteiger partial charge < -0.3 is 20.1 Å². The van der Waals surface area contributed by atoms with Crippen molar-refractivity contribution in [2.45, 2.75) is 19.4 Å². The molecule has 1 saturated heterocycles. The van der Waals surface area contributed by atoms with E-state index in [0.29, 0.717) is 0 Å². The Hall–Kier alpha value is -1.06. The number of unbranched alkanes of at least 4 members (excludes halogenated alkanes) is 1. The molecule has 0 radical (unpaired) electrons. The maximum atomic E-state index is 5.37. The molecule has 6 nitrogen and oxygen atoms in total. The van der Waals surface area contributed by atoms with Gasteiger partial charge >= 0.3 is 0 Å². The van der Waals surface area contributed by atoms with Crippen molar-refractivity contribution < 1.29 is 9.47 Å². The van der Waals surface area contributed by atoms with E-state index < -0.39 is 0 Å². The summed E-state index contributed by atoms with van der Waals surface area (Å²) in [5.74, 6) is 1.71. The van der Waals surface area contributed by atoms with Gasteiger partial charge in [0.25, 0.3) is 0 Å². The predicted molar refractivity (Wildman–Crippen MR) is 113 cm³/mol. The van der Waals surface area contributed by atoms with Crippen LogP contribution in [0, 0.1) is 0 Å². The van der Waals surface area contributed by atoms with E-state index in [9.17, 15) is 0 Å². The van der Waals surface area contributed by atoms with E-state index in [2.05, 4.69) is 26.6 Å². The molecule has 0 saturated carbocycles. The molecule has 0 aromatic heterocycles. The summed E-state index contributed by atoms with van der Waals surface area (Å²) in [6.07, 6.45) is 2.33. The molecule has 1 aliphatic rings. The number of nitrogens with one attached hydrogen (secondary N) is 2. The average Bonchev–Trinajstić information content (AvgIpc) is 2.65. The fraction of sp³-hybridized carbons (Fsp3) is 0.611. The number of hydrogen-bond acceptors (Lipinski definition) is 4. The van der Waals surface area contributed by atoms with Gasteiger partial charge in [0.15, 0.2) is 5.96 Å².